The summed E-state index contributed by atoms with van der Waals surface area (Å²) in [6.45, 7) is 0.396. The van der Waals surface area contributed by atoms with Crippen molar-refractivity contribution >= 4 is 44.7 Å². The van der Waals surface area contributed by atoms with Crippen molar-refractivity contribution in [3.8, 4) is 5.75 Å². The van der Waals surface area contributed by atoms with Crippen LogP contribution in [0.5, 0.6) is 5.75 Å². The summed E-state index contributed by atoms with van der Waals surface area (Å²) in [6, 6.07) is 13.1. The smallest absolute Gasteiger partial charge is 0.120 e. The van der Waals surface area contributed by atoms with Gasteiger partial charge < -0.3 is 10.5 Å². The zero-order chi connectivity index (χ0) is 13.8. The quantitative estimate of drug-likeness (QED) is 0.829. The molecule has 0 saturated heterocycles. The van der Waals surface area contributed by atoms with Crippen LogP contribution in [-0.2, 0) is 6.61 Å². The Morgan fingerprint density at radius 1 is 1.26 bits per heavy atom. The highest BCUT2D eigenvalue weighted by Crippen LogP contribution is 2.23. The Labute approximate surface area is 130 Å². The van der Waals surface area contributed by atoms with E-state index in [0.717, 1.165) is 15.6 Å². The molecule has 0 aliphatic heterocycles. The topological polar surface area (TPSA) is 35.2 Å². The summed E-state index contributed by atoms with van der Waals surface area (Å²) in [6.07, 6.45) is 0. The van der Waals surface area contributed by atoms with E-state index in [2.05, 4.69) is 15.9 Å². The Bertz CT molecular complexity index is 618. The average molecular weight is 357 g/mol. The molecule has 19 heavy (non-hydrogen) atoms. The molecule has 0 aromatic heterocycles. The predicted molar refractivity (Wildman–Crippen MR) is 85.8 cm³/mol. The standard InChI is InChI=1S/C14H11BrClNOS/c15-11-5-4-10(13(16)7-11)8-18-12-3-1-2-9(6-12)14(17)19/h1-7H,8H2,(H2,17,19). The van der Waals surface area contributed by atoms with Crippen LogP contribution in [0.4, 0.5) is 0 Å². The van der Waals surface area contributed by atoms with Gasteiger partial charge in [-0.25, -0.2) is 0 Å². The van der Waals surface area contributed by atoms with Gasteiger partial charge in [0.15, 0.2) is 0 Å². The minimum absolute atomic E-state index is 0.354. The van der Waals surface area contributed by atoms with E-state index >= 15 is 0 Å². The molecule has 5 heteroatoms. The van der Waals surface area contributed by atoms with E-state index in [1.54, 1.807) is 0 Å². The van der Waals surface area contributed by atoms with E-state index in [-0.39, 0.29) is 0 Å². The molecule has 0 saturated carbocycles. The Kier molecular flexibility index (Phi) is 4.80. The van der Waals surface area contributed by atoms with Crippen molar-refractivity contribution in [3.63, 3.8) is 0 Å². The Morgan fingerprint density at radius 3 is 2.74 bits per heavy atom. The Balaban J connectivity index is 2.10. The van der Waals surface area contributed by atoms with Crippen LogP contribution >= 0.6 is 39.7 Å². The maximum atomic E-state index is 6.13. The summed E-state index contributed by atoms with van der Waals surface area (Å²) >= 11 is 14.4. The Hall–Kier alpha value is -1.10. The van der Waals surface area contributed by atoms with E-state index < -0.39 is 0 Å². The maximum absolute atomic E-state index is 6.13. The maximum Gasteiger partial charge on any atom is 0.120 e. The fourth-order valence-corrected chi connectivity index (χ4v) is 2.39. The van der Waals surface area contributed by atoms with Crippen LogP contribution < -0.4 is 10.5 Å². The predicted octanol–water partition coefficient (Wildman–Crippen LogP) is 4.32. The molecule has 0 heterocycles. The van der Waals surface area contributed by atoms with Crippen molar-refractivity contribution < 1.29 is 4.74 Å². The van der Waals surface area contributed by atoms with Gasteiger partial charge in [-0.1, -0.05) is 57.9 Å². The molecule has 0 radical (unpaired) electrons. The molecule has 2 aromatic rings. The average Bonchev–Trinajstić information content (AvgIpc) is 2.38. The van der Waals surface area contributed by atoms with Crippen LogP contribution in [-0.4, -0.2) is 4.99 Å². The van der Waals surface area contributed by atoms with Crippen LogP contribution in [0, 0.1) is 0 Å². The minimum atomic E-state index is 0.354. The molecule has 0 spiro atoms. The van der Waals surface area contributed by atoms with Gasteiger partial charge >= 0.3 is 0 Å². The molecule has 0 amide bonds. The van der Waals surface area contributed by atoms with Gasteiger partial charge in [0.05, 0.1) is 0 Å². The van der Waals surface area contributed by atoms with Crippen LogP contribution in [0.1, 0.15) is 11.1 Å². The molecule has 2 nitrogen and oxygen atoms in total. The SMILES string of the molecule is NC(=S)c1cccc(OCc2ccc(Br)cc2Cl)c1. The van der Waals surface area contributed by atoms with Crippen molar-refractivity contribution in [2.45, 2.75) is 6.61 Å². The first kappa shape index (κ1) is 14.3. The van der Waals surface area contributed by atoms with E-state index in [1.165, 1.54) is 0 Å². The number of hydrogen-bond acceptors (Lipinski definition) is 2. The molecular weight excluding hydrogens is 346 g/mol. The highest BCUT2D eigenvalue weighted by Gasteiger charge is 2.03. The summed E-state index contributed by atoms with van der Waals surface area (Å²) in [5, 5.41) is 0.667. The van der Waals surface area contributed by atoms with Crippen molar-refractivity contribution in [2.24, 2.45) is 5.73 Å². The van der Waals surface area contributed by atoms with E-state index in [9.17, 15) is 0 Å². The monoisotopic (exact) mass is 355 g/mol. The third-order valence-electron chi connectivity index (χ3n) is 2.53. The molecular formula is C14H11BrClNOS. The van der Waals surface area contributed by atoms with Crippen LogP contribution in [0.2, 0.25) is 5.02 Å². The molecule has 0 bridgehead atoms. The lowest BCUT2D eigenvalue weighted by Crippen LogP contribution is -2.09. The van der Waals surface area contributed by atoms with E-state index in [4.69, 9.17) is 34.3 Å². The van der Waals surface area contributed by atoms with Crippen LogP contribution in [0.25, 0.3) is 0 Å². The van der Waals surface area contributed by atoms with E-state index in [0.29, 0.717) is 22.4 Å². The highest BCUT2D eigenvalue weighted by atomic mass is 79.9. The number of hydrogen-bond donors (Lipinski definition) is 1. The molecule has 2 rings (SSSR count). The molecule has 0 unspecified atom stereocenters. The normalized spacial score (nSPS) is 10.2. The Morgan fingerprint density at radius 2 is 2.05 bits per heavy atom. The zero-order valence-corrected chi connectivity index (χ0v) is 13.1. The van der Waals surface area contributed by atoms with Gasteiger partial charge in [0, 0.05) is 20.6 Å². The summed E-state index contributed by atoms with van der Waals surface area (Å²) in [5.74, 6) is 0.712. The first-order valence-corrected chi connectivity index (χ1v) is 7.11. The molecule has 0 aliphatic rings. The molecule has 2 aromatic carbocycles. The van der Waals surface area contributed by atoms with Gasteiger partial charge in [0.2, 0.25) is 0 Å². The lowest BCUT2D eigenvalue weighted by atomic mass is 10.2. The van der Waals surface area contributed by atoms with Crippen LogP contribution in [0.3, 0.4) is 0 Å². The van der Waals surface area contributed by atoms with Crippen molar-refractivity contribution in [1.29, 1.82) is 0 Å². The number of halogens is 2. The lowest BCUT2D eigenvalue weighted by molar-refractivity contribution is 0.306. The summed E-state index contributed by atoms with van der Waals surface area (Å²) in [7, 11) is 0. The van der Waals surface area contributed by atoms with Gasteiger partial charge in [-0.3, -0.25) is 0 Å². The number of ether oxygens (including phenoxy) is 1. The second-order valence-corrected chi connectivity index (χ2v) is 5.68. The fraction of sp³-hybridized carbons (Fsp3) is 0.0714. The zero-order valence-electron chi connectivity index (χ0n) is 9.90. The number of rotatable bonds is 4. The molecule has 0 fully saturated rings. The third kappa shape index (κ3) is 3.93. The third-order valence-corrected chi connectivity index (χ3v) is 3.61. The van der Waals surface area contributed by atoms with Gasteiger partial charge in [-0.15, -0.1) is 0 Å². The summed E-state index contributed by atoms with van der Waals surface area (Å²) in [5.41, 5.74) is 7.29. The van der Waals surface area contributed by atoms with Gasteiger partial charge in [0.25, 0.3) is 0 Å². The first-order valence-electron chi connectivity index (χ1n) is 5.53. The fourth-order valence-electron chi connectivity index (χ4n) is 1.54. The molecule has 2 N–H and O–H groups in total. The summed E-state index contributed by atoms with van der Waals surface area (Å²) < 4.78 is 6.63. The molecule has 0 atom stereocenters. The van der Waals surface area contributed by atoms with E-state index in [1.807, 2.05) is 42.5 Å². The van der Waals surface area contributed by atoms with Crippen molar-refractivity contribution in [1.82, 2.24) is 0 Å². The highest BCUT2D eigenvalue weighted by molar-refractivity contribution is 9.10. The van der Waals surface area contributed by atoms with Crippen molar-refractivity contribution in [2.75, 3.05) is 0 Å². The van der Waals surface area contributed by atoms with Gasteiger partial charge in [-0.05, 0) is 24.3 Å². The molecule has 98 valence electrons. The van der Waals surface area contributed by atoms with Gasteiger partial charge in [0.1, 0.15) is 17.3 Å². The second-order valence-electron chi connectivity index (χ2n) is 3.92. The lowest BCUT2D eigenvalue weighted by Gasteiger charge is -2.09. The van der Waals surface area contributed by atoms with Crippen molar-refractivity contribution in [3.05, 3.63) is 63.1 Å². The number of nitrogens with two attached hydrogens (primary N) is 1. The first-order chi connectivity index (χ1) is 9.06. The van der Waals surface area contributed by atoms with Gasteiger partial charge in [-0.2, -0.15) is 0 Å². The number of benzene rings is 2. The molecule has 0 aliphatic carbocycles. The van der Waals surface area contributed by atoms with Crippen LogP contribution in [0.15, 0.2) is 46.9 Å². The summed E-state index contributed by atoms with van der Waals surface area (Å²) in [4.78, 5) is 0.354. The largest absolute Gasteiger partial charge is 0.489 e. The second kappa shape index (κ2) is 6.37. The number of thiocarbonyl (C=S) groups is 1. The minimum Gasteiger partial charge on any atom is -0.489 e.